The molecular formula is C20H21ClN2O3. The third-order valence-corrected chi connectivity index (χ3v) is 4.95. The minimum atomic E-state index is -0.413. The molecule has 6 heteroatoms. The lowest BCUT2D eigenvalue weighted by molar-refractivity contribution is -0.122. The Morgan fingerprint density at radius 3 is 2.73 bits per heavy atom. The van der Waals surface area contributed by atoms with Crippen LogP contribution in [0.4, 0.5) is 11.4 Å². The van der Waals surface area contributed by atoms with Crippen LogP contribution in [0.1, 0.15) is 17.5 Å². The number of anilines is 2. The van der Waals surface area contributed by atoms with Crippen LogP contribution in [0, 0.1) is 19.8 Å². The van der Waals surface area contributed by atoms with E-state index in [0.29, 0.717) is 23.0 Å². The molecule has 2 aromatic rings. The molecule has 0 bridgehead atoms. The van der Waals surface area contributed by atoms with Crippen LogP contribution in [0.25, 0.3) is 0 Å². The molecule has 1 aliphatic rings. The summed E-state index contributed by atoms with van der Waals surface area (Å²) in [5.74, 6) is -0.166. The fourth-order valence-electron chi connectivity index (χ4n) is 3.09. The van der Waals surface area contributed by atoms with E-state index in [-0.39, 0.29) is 18.2 Å². The van der Waals surface area contributed by atoms with E-state index in [1.807, 2.05) is 38.1 Å². The molecule has 0 aliphatic carbocycles. The summed E-state index contributed by atoms with van der Waals surface area (Å²) >= 11 is 6.10. The average molecular weight is 373 g/mol. The summed E-state index contributed by atoms with van der Waals surface area (Å²) in [7, 11) is 1.52. The Kier molecular flexibility index (Phi) is 5.18. The number of hydrogen-bond acceptors (Lipinski definition) is 3. The van der Waals surface area contributed by atoms with Crippen molar-refractivity contribution in [2.75, 3.05) is 23.9 Å². The third-order valence-electron chi connectivity index (χ3n) is 4.55. The highest BCUT2D eigenvalue weighted by atomic mass is 35.5. The van der Waals surface area contributed by atoms with Crippen molar-refractivity contribution >= 4 is 34.8 Å². The first-order chi connectivity index (χ1) is 12.4. The summed E-state index contributed by atoms with van der Waals surface area (Å²) in [4.78, 5) is 26.7. The van der Waals surface area contributed by atoms with Gasteiger partial charge in [-0.2, -0.15) is 0 Å². The van der Waals surface area contributed by atoms with Crippen molar-refractivity contribution in [2.45, 2.75) is 20.3 Å². The molecule has 1 heterocycles. The molecule has 1 aliphatic heterocycles. The predicted octanol–water partition coefficient (Wildman–Crippen LogP) is 3.96. The van der Waals surface area contributed by atoms with Crippen LogP contribution in [0.2, 0.25) is 5.02 Å². The summed E-state index contributed by atoms with van der Waals surface area (Å²) in [5, 5.41) is 3.44. The van der Waals surface area contributed by atoms with Crippen LogP contribution < -0.4 is 15.0 Å². The summed E-state index contributed by atoms with van der Waals surface area (Å²) in [6.45, 7) is 4.20. The van der Waals surface area contributed by atoms with Gasteiger partial charge in [-0.05, 0) is 43.2 Å². The summed E-state index contributed by atoms with van der Waals surface area (Å²) < 4.78 is 5.29. The first-order valence-corrected chi connectivity index (χ1v) is 8.79. The van der Waals surface area contributed by atoms with Gasteiger partial charge in [-0.15, -0.1) is 0 Å². The Morgan fingerprint density at radius 2 is 2.04 bits per heavy atom. The minimum absolute atomic E-state index is 0.0463. The number of carbonyl (C=O) groups is 2. The van der Waals surface area contributed by atoms with Crippen molar-refractivity contribution in [2.24, 2.45) is 5.92 Å². The molecule has 1 atom stereocenters. The molecule has 26 heavy (non-hydrogen) atoms. The average Bonchev–Trinajstić information content (AvgIpc) is 3.00. The van der Waals surface area contributed by atoms with Gasteiger partial charge in [0.25, 0.3) is 0 Å². The van der Waals surface area contributed by atoms with Gasteiger partial charge in [0.15, 0.2) is 0 Å². The number of hydrogen-bond donors (Lipinski definition) is 1. The Hall–Kier alpha value is -2.53. The zero-order chi connectivity index (χ0) is 18.8. The van der Waals surface area contributed by atoms with Gasteiger partial charge in [0, 0.05) is 29.7 Å². The molecule has 5 nitrogen and oxygen atoms in total. The first-order valence-electron chi connectivity index (χ1n) is 8.41. The van der Waals surface area contributed by atoms with Gasteiger partial charge in [-0.1, -0.05) is 23.7 Å². The number of nitrogens with one attached hydrogen (secondary N) is 1. The van der Waals surface area contributed by atoms with Crippen molar-refractivity contribution in [1.29, 1.82) is 0 Å². The molecule has 0 saturated carbocycles. The van der Waals surface area contributed by atoms with Crippen molar-refractivity contribution in [3.63, 3.8) is 0 Å². The van der Waals surface area contributed by atoms with E-state index in [1.165, 1.54) is 7.11 Å². The molecule has 2 aromatic carbocycles. The van der Waals surface area contributed by atoms with Crippen molar-refractivity contribution < 1.29 is 14.3 Å². The van der Waals surface area contributed by atoms with Gasteiger partial charge in [-0.3, -0.25) is 9.59 Å². The Bertz CT molecular complexity index is 866. The number of aryl methyl sites for hydroxylation is 2. The second kappa shape index (κ2) is 7.38. The van der Waals surface area contributed by atoms with E-state index in [2.05, 4.69) is 5.32 Å². The Balaban J connectivity index is 1.76. The van der Waals surface area contributed by atoms with Crippen molar-refractivity contribution in [3.05, 3.63) is 52.5 Å². The highest BCUT2D eigenvalue weighted by Crippen LogP contribution is 2.32. The lowest BCUT2D eigenvalue weighted by Crippen LogP contribution is -2.28. The fraction of sp³-hybridized carbons (Fsp3) is 0.300. The molecule has 1 unspecified atom stereocenters. The van der Waals surface area contributed by atoms with Crippen molar-refractivity contribution in [1.82, 2.24) is 0 Å². The van der Waals surface area contributed by atoms with Gasteiger partial charge in [0.1, 0.15) is 5.75 Å². The molecule has 1 fully saturated rings. The van der Waals surface area contributed by atoms with Crippen LogP contribution in [0.15, 0.2) is 36.4 Å². The van der Waals surface area contributed by atoms with E-state index in [0.717, 1.165) is 16.8 Å². The van der Waals surface area contributed by atoms with Crippen LogP contribution in [0.3, 0.4) is 0 Å². The van der Waals surface area contributed by atoms with Gasteiger partial charge in [-0.25, -0.2) is 0 Å². The highest BCUT2D eigenvalue weighted by Gasteiger charge is 2.35. The number of rotatable bonds is 4. The third kappa shape index (κ3) is 3.68. The zero-order valence-electron chi connectivity index (χ0n) is 15.0. The second-order valence-corrected chi connectivity index (χ2v) is 6.94. The minimum Gasteiger partial charge on any atom is -0.495 e. The van der Waals surface area contributed by atoms with Gasteiger partial charge in [0.2, 0.25) is 11.8 Å². The zero-order valence-corrected chi connectivity index (χ0v) is 15.8. The molecular weight excluding hydrogens is 352 g/mol. The number of nitrogens with zero attached hydrogens (tertiary/aromatic N) is 1. The number of carbonyl (C=O) groups excluding carboxylic acids is 2. The van der Waals surface area contributed by atoms with Gasteiger partial charge >= 0.3 is 0 Å². The monoisotopic (exact) mass is 372 g/mol. The molecule has 1 N–H and O–H groups in total. The number of methoxy groups -OCH3 is 1. The van der Waals surface area contributed by atoms with E-state index in [1.54, 1.807) is 17.0 Å². The van der Waals surface area contributed by atoms with E-state index in [9.17, 15) is 9.59 Å². The number of halogens is 1. The number of ether oxygens (including phenoxy) is 1. The Morgan fingerprint density at radius 1 is 1.27 bits per heavy atom. The van der Waals surface area contributed by atoms with Crippen molar-refractivity contribution in [3.8, 4) is 5.75 Å². The molecule has 136 valence electrons. The van der Waals surface area contributed by atoms with Crippen LogP contribution >= 0.6 is 11.6 Å². The predicted molar refractivity (Wildman–Crippen MR) is 103 cm³/mol. The maximum Gasteiger partial charge on any atom is 0.229 e. The SMILES string of the molecule is COc1cc(Cl)c(C)cc1NC(=O)C1CC(=O)N(c2cccc(C)c2)C1. The fourth-order valence-corrected chi connectivity index (χ4v) is 3.25. The maximum absolute atomic E-state index is 12.7. The normalized spacial score (nSPS) is 16.7. The van der Waals surface area contributed by atoms with E-state index in [4.69, 9.17) is 16.3 Å². The summed E-state index contributed by atoms with van der Waals surface area (Å²) in [5.41, 5.74) is 3.29. The van der Waals surface area contributed by atoms with E-state index >= 15 is 0 Å². The lowest BCUT2D eigenvalue weighted by atomic mass is 10.1. The van der Waals surface area contributed by atoms with Gasteiger partial charge < -0.3 is 15.0 Å². The Labute approximate surface area is 157 Å². The number of benzene rings is 2. The molecule has 3 rings (SSSR count). The lowest BCUT2D eigenvalue weighted by Gasteiger charge is -2.18. The molecule has 0 aromatic heterocycles. The van der Waals surface area contributed by atoms with E-state index < -0.39 is 5.92 Å². The quantitative estimate of drug-likeness (QED) is 0.883. The highest BCUT2D eigenvalue weighted by molar-refractivity contribution is 6.31. The molecule has 1 saturated heterocycles. The van der Waals surface area contributed by atoms with Gasteiger partial charge in [0.05, 0.1) is 18.7 Å². The maximum atomic E-state index is 12.7. The number of amides is 2. The largest absolute Gasteiger partial charge is 0.495 e. The molecule has 2 amide bonds. The van der Waals surface area contributed by atoms with Crippen LogP contribution in [0.5, 0.6) is 5.75 Å². The molecule has 0 spiro atoms. The smallest absolute Gasteiger partial charge is 0.229 e. The first kappa shape index (κ1) is 18.3. The van der Waals surface area contributed by atoms with Crippen LogP contribution in [-0.4, -0.2) is 25.5 Å². The summed E-state index contributed by atoms with van der Waals surface area (Å²) in [6.07, 6.45) is 0.189. The van der Waals surface area contributed by atoms with Crippen LogP contribution in [-0.2, 0) is 9.59 Å². The molecule has 0 radical (unpaired) electrons. The second-order valence-electron chi connectivity index (χ2n) is 6.54. The standard InChI is InChI=1S/C20H21ClN2O3/c1-12-5-4-6-15(7-12)23-11-14(9-19(23)24)20(25)22-17-8-13(2)16(21)10-18(17)26-3/h4-8,10,14H,9,11H2,1-3H3,(H,22,25). The topological polar surface area (TPSA) is 58.6 Å². The summed E-state index contributed by atoms with van der Waals surface area (Å²) in [6, 6.07) is 11.2.